The average molecular weight is 449 g/mol. The van der Waals surface area contributed by atoms with Gasteiger partial charge in [-0.1, -0.05) is 55.5 Å². The molecule has 2 amide bonds. The van der Waals surface area contributed by atoms with E-state index >= 15 is 0 Å². The van der Waals surface area contributed by atoms with Crippen molar-refractivity contribution < 1.29 is 24.2 Å². The summed E-state index contributed by atoms with van der Waals surface area (Å²) in [5.74, 6) is -0.827. The van der Waals surface area contributed by atoms with Crippen molar-refractivity contribution in [2.75, 3.05) is 26.2 Å². The number of ether oxygens (including phenoxy) is 1. The molecule has 3 unspecified atom stereocenters. The molecule has 1 saturated carbocycles. The number of alkyl carbamates (subject to hydrolysis) is 1. The number of likely N-dealkylation sites (tertiary alicyclic amines) is 1. The lowest BCUT2D eigenvalue weighted by Crippen LogP contribution is -2.36. The lowest BCUT2D eigenvalue weighted by Gasteiger charge is -2.22. The molecular formula is C26H28N2O5. The second-order valence-electron chi connectivity index (χ2n) is 9.65. The van der Waals surface area contributed by atoms with E-state index in [-0.39, 0.29) is 36.7 Å². The number of fused-ring (bicyclic) bond motifs is 4. The van der Waals surface area contributed by atoms with Crippen LogP contribution < -0.4 is 5.32 Å². The molecule has 7 heteroatoms. The molecule has 0 radical (unpaired) electrons. The van der Waals surface area contributed by atoms with Gasteiger partial charge in [0.2, 0.25) is 5.91 Å². The molecule has 5 rings (SSSR count). The van der Waals surface area contributed by atoms with Gasteiger partial charge in [-0.3, -0.25) is 9.59 Å². The predicted molar refractivity (Wildman–Crippen MR) is 122 cm³/mol. The van der Waals surface area contributed by atoms with E-state index in [4.69, 9.17) is 4.74 Å². The van der Waals surface area contributed by atoms with E-state index in [9.17, 15) is 19.5 Å². The number of nitrogens with one attached hydrogen (secondary N) is 1. The van der Waals surface area contributed by atoms with Crippen molar-refractivity contribution in [3.8, 4) is 11.1 Å². The Balaban J connectivity index is 1.09. The molecule has 2 aromatic rings. The lowest BCUT2D eigenvalue weighted by atomic mass is 9.98. The van der Waals surface area contributed by atoms with Gasteiger partial charge in [0.15, 0.2) is 0 Å². The molecule has 2 fully saturated rings. The van der Waals surface area contributed by atoms with Crippen molar-refractivity contribution in [2.45, 2.75) is 25.7 Å². The summed E-state index contributed by atoms with van der Waals surface area (Å²) in [6.07, 6.45) is 0.445. The molecule has 7 nitrogen and oxygen atoms in total. The third kappa shape index (κ3) is 3.86. The Bertz CT molecular complexity index is 1070. The van der Waals surface area contributed by atoms with Gasteiger partial charge in [0, 0.05) is 32.0 Å². The van der Waals surface area contributed by atoms with Gasteiger partial charge in [-0.2, -0.15) is 0 Å². The van der Waals surface area contributed by atoms with Crippen LogP contribution in [0.2, 0.25) is 0 Å². The zero-order chi connectivity index (χ0) is 23.2. The van der Waals surface area contributed by atoms with E-state index in [1.807, 2.05) is 31.2 Å². The molecule has 1 heterocycles. The number of hydrogen-bond acceptors (Lipinski definition) is 4. The summed E-state index contributed by atoms with van der Waals surface area (Å²) in [7, 11) is 0. The largest absolute Gasteiger partial charge is 0.481 e. The zero-order valence-electron chi connectivity index (χ0n) is 18.6. The number of carboxylic acids is 1. The van der Waals surface area contributed by atoms with Crippen LogP contribution in [-0.4, -0.2) is 54.2 Å². The van der Waals surface area contributed by atoms with Gasteiger partial charge in [-0.05, 0) is 40.5 Å². The normalized spacial score (nSPS) is 23.3. The van der Waals surface area contributed by atoms with Crippen molar-refractivity contribution in [3.63, 3.8) is 0 Å². The first-order valence-corrected chi connectivity index (χ1v) is 11.5. The quantitative estimate of drug-likeness (QED) is 0.676. The first kappa shape index (κ1) is 21.5. The molecule has 2 aliphatic carbocycles. The van der Waals surface area contributed by atoms with Gasteiger partial charge < -0.3 is 20.1 Å². The number of carbonyl (C=O) groups excluding carboxylic acids is 2. The second kappa shape index (κ2) is 8.21. The standard InChI is InChI=1S/C26H28N2O5/c1-16(10-23(29)28-13-17-11-26(17,15-28)24(30)31)12-27-25(32)33-14-22-20-8-4-2-6-18(20)19-7-3-5-9-21(19)22/h2-9,16-17,22H,10-15H2,1H3,(H,27,32)(H,30,31). The van der Waals surface area contributed by atoms with Gasteiger partial charge >= 0.3 is 12.1 Å². The minimum Gasteiger partial charge on any atom is -0.481 e. The molecule has 0 aromatic heterocycles. The van der Waals surface area contributed by atoms with Crippen molar-refractivity contribution >= 4 is 18.0 Å². The van der Waals surface area contributed by atoms with E-state index in [1.54, 1.807) is 4.90 Å². The molecule has 0 bridgehead atoms. The SMILES string of the molecule is CC(CNC(=O)OCC1c2ccccc2-c2ccccc21)CC(=O)N1CC2CC2(C(=O)O)C1. The Morgan fingerprint density at radius 1 is 1.12 bits per heavy atom. The van der Waals surface area contributed by atoms with E-state index in [0.717, 1.165) is 11.1 Å². The smallest absolute Gasteiger partial charge is 0.407 e. The zero-order valence-corrected chi connectivity index (χ0v) is 18.6. The fourth-order valence-electron chi connectivity index (χ4n) is 5.41. The van der Waals surface area contributed by atoms with E-state index in [0.29, 0.717) is 26.1 Å². The summed E-state index contributed by atoms with van der Waals surface area (Å²) >= 11 is 0. The van der Waals surface area contributed by atoms with Crippen molar-refractivity contribution in [1.29, 1.82) is 0 Å². The third-order valence-electron chi connectivity index (χ3n) is 7.39. The number of hydrogen-bond donors (Lipinski definition) is 2. The maximum absolute atomic E-state index is 12.6. The number of aliphatic carboxylic acids is 1. The van der Waals surface area contributed by atoms with Gasteiger partial charge in [0.05, 0.1) is 5.41 Å². The maximum Gasteiger partial charge on any atom is 0.407 e. The highest BCUT2D eigenvalue weighted by Gasteiger charge is 2.66. The molecule has 33 heavy (non-hydrogen) atoms. The van der Waals surface area contributed by atoms with Gasteiger partial charge in [0.25, 0.3) is 0 Å². The lowest BCUT2D eigenvalue weighted by molar-refractivity contribution is -0.144. The highest BCUT2D eigenvalue weighted by Crippen LogP contribution is 2.58. The second-order valence-corrected chi connectivity index (χ2v) is 9.65. The fraction of sp³-hybridized carbons (Fsp3) is 0.423. The van der Waals surface area contributed by atoms with Crippen LogP contribution in [0.1, 0.15) is 36.8 Å². The van der Waals surface area contributed by atoms with Crippen LogP contribution in [0.15, 0.2) is 48.5 Å². The summed E-state index contributed by atoms with van der Waals surface area (Å²) in [4.78, 5) is 38.0. The highest BCUT2D eigenvalue weighted by molar-refractivity contribution is 5.84. The van der Waals surface area contributed by atoms with Gasteiger partial charge in [0.1, 0.15) is 6.61 Å². The van der Waals surface area contributed by atoms with E-state index in [2.05, 4.69) is 29.6 Å². The Hall–Kier alpha value is -3.35. The summed E-state index contributed by atoms with van der Waals surface area (Å²) in [5, 5.41) is 12.1. The molecule has 0 spiro atoms. The molecule has 1 saturated heterocycles. The van der Waals surface area contributed by atoms with Crippen LogP contribution >= 0.6 is 0 Å². The van der Waals surface area contributed by atoms with Crippen LogP contribution in [0.5, 0.6) is 0 Å². The molecule has 1 aliphatic heterocycles. The monoisotopic (exact) mass is 448 g/mol. The van der Waals surface area contributed by atoms with Crippen LogP contribution in [0, 0.1) is 17.3 Å². The molecule has 2 aromatic carbocycles. The Morgan fingerprint density at radius 2 is 1.76 bits per heavy atom. The highest BCUT2D eigenvalue weighted by atomic mass is 16.5. The summed E-state index contributed by atoms with van der Waals surface area (Å²) in [6.45, 7) is 3.30. The minimum atomic E-state index is -0.798. The maximum atomic E-state index is 12.6. The molecule has 3 atom stereocenters. The van der Waals surface area contributed by atoms with Crippen LogP contribution in [0.3, 0.4) is 0 Å². The van der Waals surface area contributed by atoms with Crippen molar-refractivity contribution in [2.24, 2.45) is 17.3 Å². The number of nitrogens with zero attached hydrogens (tertiary/aromatic N) is 1. The summed E-state index contributed by atoms with van der Waals surface area (Å²) in [5.41, 5.74) is 3.97. The first-order valence-electron chi connectivity index (χ1n) is 11.5. The minimum absolute atomic E-state index is 0.00492. The predicted octanol–water partition coefficient (Wildman–Crippen LogP) is 3.48. The Labute approximate surface area is 192 Å². The number of carboxylic acid groups (broad SMARTS) is 1. The van der Waals surface area contributed by atoms with E-state index in [1.165, 1.54) is 11.1 Å². The van der Waals surface area contributed by atoms with Crippen molar-refractivity contribution in [3.05, 3.63) is 59.7 Å². The number of amides is 2. The molecule has 172 valence electrons. The van der Waals surface area contributed by atoms with Crippen molar-refractivity contribution in [1.82, 2.24) is 10.2 Å². The van der Waals surface area contributed by atoms with Gasteiger partial charge in [-0.15, -0.1) is 0 Å². The summed E-state index contributed by atoms with van der Waals surface area (Å²) < 4.78 is 5.54. The average Bonchev–Trinajstić information content (AvgIpc) is 3.24. The number of carbonyl (C=O) groups is 3. The number of piperidine rings is 1. The Morgan fingerprint density at radius 3 is 2.36 bits per heavy atom. The molecule has 3 aliphatic rings. The number of benzene rings is 2. The van der Waals surface area contributed by atoms with Crippen LogP contribution in [-0.2, 0) is 14.3 Å². The Kier molecular flexibility index (Phi) is 5.35. The van der Waals surface area contributed by atoms with Crippen LogP contribution in [0.25, 0.3) is 11.1 Å². The fourth-order valence-corrected chi connectivity index (χ4v) is 5.41. The molecule has 2 N–H and O–H groups in total. The summed E-state index contributed by atoms with van der Waals surface area (Å²) in [6, 6.07) is 16.4. The van der Waals surface area contributed by atoms with Crippen LogP contribution in [0.4, 0.5) is 4.79 Å². The molecular weight excluding hydrogens is 420 g/mol. The third-order valence-corrected chi connectivity index (χ3v) is 7.39. The van der Waals surface area contributed by atoms with E-state index < -0.39 is 17.5 Å². The van der Waals surface area contributed by atoms with Gasteiger partial charge in [-0.25, -0.2) is 4.79 Å². The number of rotatable bonds is 7. The first-order chi connectivity index (χ1) is 15.9. The topological polar surface area (TPSA) is 95.9 Å².